The number of hydrogen-bond donors (Lipinski definition) is 8. The van der Waals surface area contributed by atoms with Gasteiger partial charge in [-0.2, -0.15) is 0 Å². The van der Waals surface area contributed by atoms with Crippen molar-refractivity contribution in [3.8, 4) is 51.0 Å². The third-order valence-electron chi connectivity index (χ3n) is 26.4. The number of pyridine rings is 2. The molecule has 32 nitrogen and oxygen atoms in total. The Morgan fingerprint density at radius 3 is 1.21 bits per heavy atom. The molecule has 768 valence electrons. The number of β-lactam (4-membered cyclic amide) rings is 2. The number of amides is 5. The number of nitro groups is 1. The molecule has 4 aliphatic rings. The summed E-state index contributed by atoms with van der Waals surface area (Å²) in [6.45, 7) is 11.1. The summed E-state index contributed by atoms with van der Waals surface area (Å²) in [5.74, 6) is -5.22. The number of phenols is 4. The van der Waals surface area contributed by atoms with Gasteiger partial charge in [-0.25, -0.2) is 24.0 Å². The zero-order chi connectivity index (χ0) is 106. The van der Waals surface area contributed by atoms with E-state index < -0.39 is 117 Å². The molecule has 5 amide bonds. The predicted molar refractivity (Wildman–Crippen MR) is 556 cm³/mol. The van der Waals surface area contributed by atoms with Crippen molar-refractivity contribution in [2.24, 2.45) is 16.6 Å². The first kappa shape index (κ1) is 106. The van der Waals surface area contributed by atoms with Crippen LogP contribution in [-0.2, 0) is 81.5 Å². The van der Waals surface area contributed by atoms with Crippen molar-refractivity contribution in [2.45, 2.75) is 141 Å². The van der Waals surface area contributed by atoms with Crippen molar-refractivity contribution < 1.29 is 106 Å². The van der Waals surface area contributed by atoms with E-state index >= 15 is 0 Å². The van der Waals surface area contributed by atoms with Gasteiger partial charge >= 0.3 is 42.0 Å². The van der Waals surface area contributed by atoms with Crippen LogP contribution in [0.5, 0.6) is 28.7 Å². The van der Waals surface area contributed by atoms with E-state index in [0.717, 1.165) is 38.9 Å². The molecule has 17 rings (SSSR count). The molecule has 4 fully saturated rings. The molecule has 2 aromatic heterocycles. The van der Waals surface area contributed by atoms with Crippen LogP contribution in [0.1, 0.15) is 169 Å². The number of ether oxygens (including phenoxy) is 7. The summed E-state index contributed by atoms with van der Waals surface area (Å²) in [4.78, 5) is 156. The highest BCUT2D eigenvalue weighted by atomic mass is 16.6. The van der Waals surface area contributed by atoms with Gasteiger partial charge in [0.25, 0.3) is 23.4 Å². The van der Waals surface area contributed by atoms with Crippen LogP contribution >= 0.6 is 0 Å². The standard InChI is InChI=1S/C56H54N4O10.C43H36N4O11.C19H23NO2/c1-55(2,42-24-22-38(23-25-42)37-14-7-4-8-15-37)70-48(63)20-13-28-58-51(64)41-27-29-57-43(31-41)32-44-45-33-56(3,35-68-54(67)59-34-36-21-26-46(61)47(62)30-36)50(60(45)52(44)65)53(66)69-49(39-16-9-5-10-17-39)40-18-11-6-12-19-40;1-43(25-56-42(53)45-24-26-12-17-35(48)36(49)20-26)23-34-33(22-30-21-29(18-19-44-30)40(51)57-32-15-13-31(14-16-32)47(54)55)39(50)46(34)38(43)41(52)58-37(27-8-4-2-5-9-27)28-10-6-3-7-11-28;1-19(2,22-18(21)9-6-14-20)17-12-10-16(11-13-17)15-7-4-3-5-8-15/h4-12,14-19,21-27,29-32,45,49-50,61-62H,13,20,28,33-35H2,1-3H3,(H,58,64)(H,59,67);2-22,34,37-38,48-49H,23-25H2,1H3,(H,45,53);3-5,7-8,10-13H,6,9,14,20H2,1-2H3/b44-32+;33-22+;/t45?,50-,56-;34?,38-,43-;/m00./s1. The number of aromatic nitrogens is 2. The van der Waals surface area contributed by atoms with E-state index in [0.29, 0.717) is 70.5 Å². The third kappa shape index (κ3) is 26.3. The van der Waals surface area contributed by atoms with Gasteiger partial charge in [-0.1, -0.05) is 257 Å². The summed E-state index contributed by atoms with van der Waals surface area (Å²) in [7, 11) is 0. The SMILES string of the molecule is CC(C)(OC(=O)CCCN)c1ccc(-c2ccccc2)cc1.CC(C)(OC(=O)CCCNC(=O)c1ccnc(/C=C2/C(=O)N3C2C[C@@](C)(COC(=O)NCc2ccc(O)c(O)c2)[C@@H]3C(=O)OC(c2ccccc2)c2ccccc2)c1)c1ccc(-c2ccccc2)cc1.C[C@@]1(COC(=O)NCc2ccc(O)c(O)c2)CC2/C(=C\c3cc(C(=O)Oc4ccc([N+](=O)[O-])cc4)ccn3)C(=O)N2[C@H]1C(=O)OC(c1ccccc1)c1ccccc1. The van der Waals surface area contributed by atoms with Gasteiger partial charge in [0.05, 0.1) is 34.0 Å². The van der Waals surface area contributed by atoms with Crippen molar-refractivity contribution in [3.63, 3.8) is 0 Å². The lowest BCUT2D eigenvalue weighted by atomic mass is 9.81. The van der Waals surface area contributed by atoms with Crippen LogP contribution in [0.25, 0.3) is 34.4 Å². The first-order valence-corrected chi connectivity index (χ1v) is 48.8. The second kappa shape index (κ2) is 47.9. The van der Waals surface area contributed by atoms with E-state index in [1.54, 1.807) is 32.1 Å². The molecule has 6 heterocycles. The van der Waals surface area contributed by atoms with Gasteiger partial charge in [0, 0.05) is 84.5 Å². The lowest BCUT2D eigenvalue weighted by molar-refractivity contribution is -0.384. The second-order valence-electron chi connectivity index (χ2n) is 38.1. The van der Waals surface area contributed by atoms with Crippen molar-refractivity contribution in [3.05, 3.63) is 416 Å². The molecule has 0 bridgehead atoms. The summed E-state index contributed by atoms with van der Waals surface area (Å²) < 4.78 is 40.7. The van der Waals surface area contributed by atoms with Gasteiger partial charge in [0.2, 0.25) is 0 Å². The van der Waals surface area contributed by atoms with E-state index in [4.69, 9.17) is 38.9 Å². The van der Waals surface area contributed by atoms with Gasteiger partial charge in [-0.05, 0) is 200 Å². The van der Waals surface area contributed by atoms with Crippen LogP contribution in [-0.4, -0.2) is 155 Å². The van der Waals surface area contributed by atoms with Crippen LogP contribution in [0.4, 0.5) is 15.3 Å². The zero-order valence-electron chi connectivity index (χ0n) is 83.1. The molecule has 4 saturated heterocycles. The number of aromatic hydroxyl groups is 4. The molecule has 0 radical (unpaired) electrons. The average Bonchev–Trinajstić information content (AvgIpc) is 1.55. The van der Waals surface area contributed by atoms with E-state index in [-0.39, 0.29) is 104 Å². The Balaban J connectivity index is 0.000000188. The number of alkyl carbamates (subject to hydrolysis) is 2. The molecular weight excluding hydrogens is 1910 g/mol. The van der Waals surface area contributed by atoms with Crippen molar-refractivity contribution in [1.29, 1.82) is 0 Å². The first-order valence-electron chi connectivity index (χ1n) is 48.8. The fraction of sp³-hybridized carbons (Fsp3) is 0.237. The number of carbonyl (C=O) groups excluding carboxylic acids is 10. The quantitative estimate of drug-likeness (QED) is 0.00210. The molecule has 150 heavy (non-hydrogen) atoms. The number of rotatable bonds is 35. The summed E-state index contributed by atoms with van der Waals surface area (Å²) in [5, 5.41) is 58.0. The smallest absolute Gasteiger partial charge is 0.407 e. The Morgan fingerprint density at radius 2 is 0.827 bits per heavy atom. The number of hydrogen-bond acceptors (Lipinski definition) is 26. The molecule has 0 aliphatic carbocycles. The minimum atomic E-state index is -1.17. The number of benzene rings is 11. The molecule has 32 heteroatoms. The highest BCUT2D eigenvalue weighted by molar-refractivity contribution is 6.10. The topological polar surface area (TPSA) is 454 Å². The fourth-order valence-electron chi connectivity index (χ4n) is 18.4. The zero-order valence-corrected chi connectivity index (χ0v) is 83.1. The number of nitrogens with two attached hydrogens (primary N) is 1. The maximum absolute atomic E-state index is 14.6. The van der Waals surface area contributed by atoms with Crippen LogP contribution in [0.15, 0.2) is 339 Å². The first-order chi connectivity index (χ1) is 72.1. The second-order valence-corrected chi connectivity index (χ2v) is 38.1. The number of esters is 5. The minimum Gasteiger partial charge on any atom is -0.504 e. The molecule has 13 aromatic rings. The summed E-state index contributed by atoms with van der Waals surface area (Å²) in [5.41, 5.74) is 13.4. The number of nitrogens with one attached hydrogen (secondary N) is 3. The summed E-state index contributed by atoms with van der Waals surface area (Å²) >= 11 is 0. The van der Waals surface area contributed by atoms with E-state index in [1.165, 1.54) is 107 Å². The van der Waals surface area contributed by atoms with Gasteiger partial charge < -0.3 is 85.1 Å². The van der Waals surface area contributed by atoms with Gasteiger partial charge in [-0.15, -0.1) is 0 Å². The highest BCUT2D eigenvalue weighted by Crippen LogP contribution is 2.53. The number of nitrogens with zero attached hydrogens (tertiary/aromatic N) is 5. The van der Waals surface area contributed by atoms with Gasteiger partial charge in [-0.3, -0.25) is 44.1 Å². The van der Waals surface area contributed by atoms with Crippen molar-refractivity contribution in [1.82, 2.24) is 35.7 Å². The van der Waals surface area contributed by atoms with Gasteiger partial charge in [0.15, 0.2) is 35.2 Å². The predicted octanol–water partition coefficient (Wildman–Crippen LogP) is 18.9. The average molecular weight is 2030 g/mol. The maximum atomic E-state index is 14.6. The Labute approximate surface area is 865 Å². The molecule has 11 aromatic carbocycles. The van der Waals surface area contributed by atoms with E-state index in [1.807, 2.05) is 234 Å². The Bertz CT molecular complexity index is 7030. The Kier molecular flexibility index (Phi) is 34.0. The fourth-order valence-corrected chi connectivity index (χ4v) is 18.4. The molecule has 4 aliphatic heterocycles. The highest BCUT2D eigenvalue weighted by Gasteiger charge is 2.65. The van der Waals surface area contributed by atoms with E-state index in [9.17, 15) is 78.5 Å². The molecule has 9 N–H and O–H groups in total. The molecule has 6 atom stereocenters. The van der Waals surface area contributed by atoms with Crippen LogP contribution in [0.2, 0.25) is 0 Å². The lowest BCUT2D eigenvalue weighted by Crippen LogP contribution is -2.58. The van der Waals surface area contributed by atoms with Crippen LogP contribution in [0, 0.1) is 20.9 Å². The van der Waals surface area contributed by atoms with E-state index in [2.05, 4.69) is 50.2 Å². The number of fused-ring (bicyclic) bond motifs is 2. The molecular formula is C118H113N9O23. The number of phenolic OH excluding ortho intramolecular Hbond substituents is 4. The Hall–Kier alpha value is -17.9. The summed E-state index contributed by atoms with van der Waals surface area (Å²) in [6, 6.07) is 88.8. The third-order valence-corrected chi connectivity index (χ3v) is 26.4. The number of non-ortho nitro benzene ring substituents is 1. The monoisotopic (exact) mass is 2020 g/mol. The largest absolute Gasteiger partial charge is 0.504 e. The molecule has 0 spiro atoms. The summed E-state index contributed by atoms with van der Waals surface area (Å²) in [6.07, 6.45) is 4.61. The Morgan fingerprint density at radius 1 is 0.460 bits per heavy atom. The maximum Gasteiger partial charge on any atom is 0.407 e. The lowest BCUT2D eigenvalue weighted by Gasteiger charge is -2.41. The number of carbonyl (C=O) groups is 10. The minimum absolute atomic E-state index is 0.0196. The van der Waals surface area contributed by atoms with Crippen molar-refractivity contribution in [2.75, 3.05) is 26.3 Å². The molecule has 0 saturated carbocycles. The number of nitro benzene ring substituents is 1. The van der Waals surface area contributed by atoms with Crippen LogP contribution in [0.3, 0.4) is 0 Å². The van der Waals surface area contributed by atoms with Gasteiger partial charge in [0.1, 0.15) is 42.2 Å². The van der Waals surface area contributed by atoms with Crippen LogP contribution < -0.4 is 26.4 Å². The molecule has 2 unspecified atom stereocenters. The van der Waals surface area contributed by atoms with Crippen molar-refractivity contribution >= 4 is 77.6 Å². The normalized spacial score (nSPS) is 17.3.